The zero-order chi connectivity index (χ0) is 15.4. The van der Waals surface area contributed by atoms with Crippen molar-refractivity contribution in [2.75, 3.05) is 32.7 Å². The summed E-state index contributed by atoms with van der Waals surface area (Å²) in [6, 6.07) is 4.46. The number of benzene rings is 1. The van der Waals surface area contributed by atoms with Gasteiger partial charge < -0.3 is 10.0 Å². The average molecular weight is 294 g/mol. The molecular weight excluding hydrogens is 271 g/mol. The molecule has 1 amide bonds. The van der Waals surface area contributed by atoms with Gasteiger partial charge in [0.1, 0.15) is 5.82 Å². The van der Waals surface area contributed by atoms with Gasteiger partial charge in [-0.25, -0.2) is 4.39 Å². The van der Waals surface area contributed by atoms with E-state index in [1.54, 1.807) is 13.0 Å². The third-order valence-electron chi connectivity index (χ3n) is 4.05. The number of hydrogen-bond donors (Lipinski definition) is 1. The summed E-state index contributed by atoms with van der Waals surface area (Å²) in [6.45, 7) is 7.14. The molecule has 1 aromatic rings. The molecule has 2 rings (SSSR count). The number of β-amino-alcohol motifs (C(OH)–C–C–N with tert-alkyl or cyclic N) is 1. The van der Waals surface area contributed by atoms with E-state index in [4.69, 9.17) is 0 Å². The number of rotatable bonds is 4. The molecule has 116 valence electrons. The maximum atomic E-state index is 13.1. The molecule has 0 radical (unpaired) electrons. The second-order valence-electron chi connectivity index (χ2n) is 5.55. The Balaban J connectivity index is 1.89. The summed E-state index contributed by atoms with van der Waals surface area (Å²) in [7, 11) is 0. The zero-order valence-corrected chi connectivity index (χ0v) is 12.7. The molecule has 1 aliphatic rings. The van der Waals surface area contributed by atoms with E-state index >= 15 is 0 Å². The Morgan fingerprint density at radius 1 is 1.33 bits per heavy atom. The van der Waals surface area contributed by atoms with Crippen LogP contribution >= 0.6 is 0 Å². The van der Waals surface area contributed by atoms with Crippen LogP contribution in [-0.2, 0) is 4.79 Å². The Kier molecular flexibility index (Phi) is 5.31. The predicted octanol–water partition coefficient (Wildman–Crippen LogP) is 1.72. The van der Waals surface area contributed by atoms with Crippen molar-refractivity contribution in [3.8, 4) is 0 Å². The van der Waals surface area contributed by atoms with Gasteiger partial charge in [0.05, 0.1) is 6.10 Å². The molecule has 0 saturated carbocycles. The Bertz CT molecular complexity index is 499. The van der Waals surface area contributed by atoms with Gasteiger partial charge in [0.15, 0.2) is 0 Å². The van der Waals surface area contributed by atoms with Crippen LogP contribution in [0.3, 0.4) is 0 Å². The van der Waals surface area contributed by atoms with Crippen LogP contribution in [0.25, 0.3) is 0 Å². The minimum Gasteiger partial charge on any atom is -0.387 e. The molecule has 1 saturated heterocycles. The quantitative estimate of drug-likeness (QED) is 0.919. The SMILES string of the molecule is CCC(=O)N1CCN(CC(O)c2ccc(F)cc2C)CC1. The zero-order valence-electron chi connectivity index (χ0n) is 12.7. The first-order chi connectivity index (χ1) is 10.0. The average Bonchev–Trinajstić information content (AvgIpc) is 2.47. The maximum absolute atomic E-state index is 13.1. The van der Waals surface area contributed by atoms with Gasteiger partial charge >= 0.3 is 0 Å². The number of halogens is 1. The predicted molar refractivity (Wildman–Crippen MR) is 79.4 cm³/mol. The van der Waals surface area contributed by atoms with Crippen molar-refractivity contribution in [3.05, 3.63) is 35.1 Å². The van der Waals surface area contributed by atoms with Crippen LogP contribution < -0.4 is 0 Å². The summed E-state index contributed by atoms with van der Waals surface area (Å²) in [5.41, 5.74) is 1.53. The van der Waals surface area contributed by atoms with Crippen molar-refractivity contribution in [3.63, 3.8) is 0 Å². The highest BCUT2D eigenvalue weighted by Gasteiger charge is 2.22. The number of aryl methyl sites for hydroxylation is 1. The van der Waals surface area contributed by atoms with Gasteiger partial charge in [-0.2, -0.15) is 0 Å². The smallest absolute Gasteiger partial charge is 0.222 e. The summed E-state index contributed by atoms with van der Waals surface area (Å²) in [6.07, 6.45) is -0.0868. The first kappa shape index (κ1) is 15.9. The van der Waals surface area contributed by atoms with Gasteiger partial charge in [-0.15, -0.1) is 0 Å². The van der Waals surface area contributed by atoms with Crippen LogP contribution in [-0.4, -0.2) is 53.5 Å². The van der Waals surface area contributed by atoms with Crippen LogP contribution in [0.4, 0.5) is 4.39 Å². The minimum absolute atomic E-state index is 0.185. The fourth-order valence-corrected chi connectivity index (χ4v) is 2.76. The number of carbonyl (C=O) groups is 1. The topological polar surface area (TPSA) is 43.8 Å². The first-order valence-corrected chi connectivity index (χ1v) is 7.45. The molecule has 1 fully saturated rings. The lowest BCUT2D eigenvalue weighted by Crippen LogP contribution is -2.49. The van der Waals surface area contributed by atoms with Crippen LogP contribution in [0.1, 0.15) is 30.6 Å². The van der Waals surface area contributed by atoms with E-state index in [2.05, 4.69) is 4.90 Å². The fourth-order valence-electron chi connectivity index (χ4n) is 2.76. The van der Waals surface area contributed by atoms with Crippen molar-refractivity contribution < 1.29 is 14.3 Å². The highest BCUT2D eigenvalue weighted by Crippen LogP contribution is 2.20. The molecule has 0 aromatic heterocycles. The Hall–Kier alpha value is -1.46. The number of aliphatic hydroxyl groups is 1. The molecule has 1 heterocycles. The van der Waals surface area contributed by atoms with E-state index < -0.39 is 6.10 Å². The summed E-state index contributed by atoms with van der Waals surface area (Å²) in [4.78, 5) is 15.6. The summed E-state index contributed by atoms with van der Waals surface area (Å²) in [5.74, 6) is -0.0975. The third kappa shape index (κ3) is 4.02. The number of hydrogen-bond acceptors (Lipinski definition) is 3. The minimum atomic E-state index is -0.626. The number of carbonyl (C=O) groups excluding carboxylic acids is 1. The second kappa shape index (κ2) is 7.00. The molecule has 1 aliphatic heterocycles. The Labute approximate surface area is 125 Å². The molecule has 0 spiro atoms. The lowest BCUT2D eigenvalue weighted by molar-refractivity contribution is -0.132. The summed E-state index contributed by atoms with van der Waals surface area (Å²) >= 11 is 0. The van der Waals surface area contributed by atoms with Gasteiger partial charge in [-0.05, 0) is 30.2 Å². The molecule has 1 aromatic carbocycles. The maximum Gasteiger partial charge on any atom is 0.222 e. The largest absolute Gasteiger partial charge is 0.387 e. The lowest BCUT2D eigenvalue weighted by Gasteiger charge is -2.35. The molecule has 4 nitrogen and oxygen atoms in total. The Morgan fingerprint density at radius 2 is 2.00 bits per heavy atom. The number of nitrogens with zero attached hydrogens (tertiary/aromatic N) is 2. The van der Waals surface area contributed by atoms with Crippen LogP contribution in [0, 0.1) is 12.7 Å². The van der Waals surface area contributed by atoms with Crippen LogP contribution in [0.15, 0.2) is 18.2 Å². The number of aliphatic hydroxyl groups excluding tert-OH is 1. The molecule has 5 heteroatoms. The first-order valence-electron chi connectivity index (χ1n) is 7.45. The van der Waals surface area contributed by atoms with Crippen molar-refractivity contribution in [2.24, 2.45) is 0 Å². The normalized spacial score (nSPS) is 17.8. The second-order valence-corrected chi connectivity index (χ2v) is 5.55. The molecule has 21 heavy (non-hydrogen) atoms. The fraction of sp³-hybridized carbons (Fsp3) is 0.562. The number of piperazine rings is 1. The van der Waals surface area contributed by atoms with Crippen molar-refractivity contribution in [1.29, 1.82) is 0 Å². The van der Waals surface area contributed by atoms with E-state index in [0.29, 0.717) is 26.1 Å². The van der Waals surface area contributed by atoms with Crippen molar-refractivity contribution >= 4 is 5.91 Å². The van der Waals surface area contributed by atoms with E-state index in [9.17, 15) is 14.3 Å². The molecule has 1 unspecified atom stereocenters. The van der Waals surface area contributed by atoms with Crippen molar-refractivity contribution in [2.45, 2.75) is 26.4 Å². The standard InChI is InChI=1S/C16H23FN2O2/c1-3-16(21)19-8-6-18(7-9-19)11-15(20)14-5-4-13(17)10-12(14)2/h4-5,10,15,20H,3,6-9,11H2,1-2H3. The molecule has 0 bridgehead atoms. The summed E-state index contributed by atoms with van der Waals surface area (Å²) in [5, 5.41) is 10.3. The lowest BCUT2D eigenvalue weighted by atomic mass is 10.0. The van der Waals surface area contributed by atoms with Gasteiger partial charge in [-0.3, -0.25) is 9.69 Å². The molecule has 1 atom stereocenters. The molecule has 1 N–H and O–H groups in total. The Morgan fingerprint density at radius 3 is 2.57 bits per heavy atom. The molecular formula is C16H23FN2O2. The van der Waals surface area contributed by atoms with Crippen LogP contribution in [0.5, 0.6) is 0 Å². The third-order valence-corrected chi connectivity index (χ3v) is 4.05. The highest BCUT2D eigenvalue weighted by atomic mass is 19.1. The van der Waals surface area contributed by atoms with E-state index in [1.165, 1.54) is 12.1 Å². The van der Waals surface area contributed by atoms with Gasteiger partial charge in [0.2, 0.25) is 5.91 Å². The number of amides is 1. The van der Waals surface area contributed by atoms with Gasteiger partial charge in [0.25, 0.3) is 0 Å². The van der Waals surface area contributed by atoms with Crippen molar-refractivity contribution in [1.82, 2.24) is 9.80 Å². The van der Waals surface area contributed by atoms with E-state index in [-0.39, 0.29) is 11.7 Å². The molecule has 0 aliphatic carbocycles. The monoisotopic (exact) mass is 294 g/mol. The van der Waals surface area contributed by atoms with Gasteiger partial charge in [0, 0.05) is 39.1 Å². The highest BCUT2D eigenvalue weighted by molar-refractivity contribution is 5.75. The van der Waals surface area contributed by atoms with Crippen LogP contribution in [0.2, 0.25) is 0 Å². The van der Waals surface area contributed by atoms with E-state index in [0.717, 1.165) is 24.2 Å². The van der Waals surface area contributed by atoms with E-state index in [1.807, 2.05) is 11.8 Å². The van der Waals surface area contributed by atoms with Gasteiger partial charge in [-0.1, -0.05) is 13.0 Å². The summed E-state index contributed by atoms with van der Waals surface area (Å²) < 4.78 is 13.1.